The topological polar surface area (TPSA) is 122 Å². The third-order valence-electron chi connectivity index (χ3n) is 3.48. The molecule has 0 radical (unpaired) electrons. The van der Waals surface area contributed by atoms with Crippen molar-refractivity contribution in [3.05, 3.63) is 10.7 Å². The molecule has 1 aromatic heterocycles. The van der Waals surface area contributed by atoms with Crippen molar-refractivity contribution in [1.82, 2.24) is 14.1 Å². The van der Waals surface area contributed by atoms with Gasteiger partial charge in [-0.05, 0) is 26.2 Å². The van der Waals surface area contributed by atoms with Crippen LogP contribution in [0.4, 0.5) is 0 Å². The number of ether oxygens (including phenoxy) is 1. The molecule has 126 valence electrons. The molecule has 8 nitrogen and oxygen atoms in total. The van der Waals surface area contributed by atoms with Crippen molar-refractivity contribution in [3.63, 3.8) is 0 Å². The zero-order valence-corrected chi connectivity index (χ0v) is 13.9. The molecule has 3 heterocycles. The number of carboxylic acid groups (broad SMARTS) is 2. The number of hydrogen-bond donors (Lipinski definition) is 3. The number of halogens is 1. The van der Waals surface area contributed by atoms with Gasteiger partial charge in [0.2, 0.25) is 0 Å². The second kappa shape index (κ2) is 7.71. The average Bonchev–Trinajstić information content (AvgIpc) is 3.09. The van der Waals surface area contributed by atoms with E-state index in [0.29, 0.717) is 24.6 Å². The van der Waals surface area contributed by atoms with Crippen molar-refractivity contribution in [2.75, 3.05) is 6.61 Å². The van der Waals surface area contributed by atoms with Crippen molar-refractivity contribution in [1.29, 1.82) is 0 Å². The van der Waals surface area contributed by atoms with Crippen LogP contribution in [0.2, 0.25) is 0 Å². The van der Waals surface area contributed by atoms with Crippen LogP contribution in [-0.2, 0) is 9.59 Å². The molecular formula is C13H16ClN3O5S. The maximum absolute atomic E-state index is 9.10. The van der Waals surface area contributed by atoms with Crippen LogP contribution in [0.15, 0.2) is 5.03 Å². The minimum absolute atomic E-state index is 0.323. The monoisotopic (exact) mass is 361 g/mol. The Bertz CT molecular complexity index is 621. The largest absolute Gasteiger partial charge is 0.476 e. The van der Waals surface area contributed by atoms with Crippen LogP contribution in [0.5, 0.6) is 5.88 Å². The highest BCUT2D eigenvalue weighted by molar-refractivity contribution is 6.99. The Morgan fingerprint density at radius 3 is 2.65 bits per heavy atom. The first-order valence-corrected chi connectivity index (χ1v) is 8.11. The molecule has 1 fully saturated rings. The van der Waals surface area contributed by atoms with E-state index in [1.807, 2.05) is 6.92 Å². The number of carbonyl (C=O) groups is 2. The molecular weight excluding hydrogens is 346 g/mol. The van der Waals surface area contributed by atoms with Gasteiger partial charge in [0.1, 0.15) is 5.69 Å². The summed E-state index contributed by atoms with van der Waals surface area (Å²) in [6.07, 6.45) is 3.21. The van der Waals surface area contributed by atoms with Gasteiger partial charge < -0.3 is 20.3 Å². The van der Waals surface area contributed by atoms with E-state index < -0.39 is 11.9 Å². The fourth-order valence-electron chi connectivity index (χ4n) is 2.59. The zero-order chi connectivity index (χ0) is 17.0. The molecule has 3 N–H and O–H groups in total. The first-order chi connectivity index (χ1) is 10.9. The summed E-state index contributed by atoms with van der Waals surface area (Å²) in [7, 11) is 0. The number of aromatic nitrogens is 2. The molecule has 0 saturated carbocycles. The van der Waals surface area contributed by atoms with E-state index in [1.165, 1.54) is 18.1 Å². The van der Waals surface area contributed by atoms with E-state index in [-0.39, 0.29) is 0 Å². The lowest BCUT2D eigenvalue weighted by Crippen LogP contribution is -2.34. The highest BCUT2D eigenvalue weighted by atomic mass is 35.5. The van der Waals surface area contributed by atoms with Crippen molar-refractivity contribution in [2.45, 2.75) is 38.3 Å². The molecule has 2 aliphatic heterocycles. The van der Waals surface area contributed by atoms with Gasteiger partial charge in [-0.15, -0.1) is 4.37 Å². The van der Waals surface area contributed by atoms with Crippen LogP contribution >= 0.6 is 23.3 Å². The molecule has 0 amide bonds. The standard InChI is InChI=1S/C11H14ClN3OS.C2H2O4/c1-2-16-11-10(14-17-15-11)9-7(12)5-6-3-4-8(9)13-6;3-1(4)2(5)6/h6,8,13H,2-5H2,1H3;(H,3,4)(H,5,6). The molecule has 1 aromatic rings. The molecule has 10 heteroatoms. The molecule has 23 heavy (non-hydrogen) atoms. The molecule has 0 aromatic carbocycles. The summed E-state index contributed by atoms with van der Waals surface area (Å²) >= 11 is 7.58. The second-order valence-corrected chi connectivity index (χ2v) is 5.96. The highest BCUT2D eigenvalue weighted by Crippen LogP contribution is 2.41. The van der Waals surface area contributed by atoms with E-state index in [4.69, 9.17) is 36.1 Å². The predicted molar refractivity (Wildman–Crippen MR) is 83.7 cm³/mol. The molecule has 0 aliphatic carbocycles. The molecule has 2 aliphatic rings. The third-order valence-corrected chi connectivity index (χ3v) is 4.35. The van der Waals surface area contributed by atoms with Gasteiger partial charge in [-0.3, -0.25) is 0 Å². The summed E-state index contributed by atoms with van der Waals surface area (Å²) in [5, 5.41) is 19.3. The van der Waals surface area contributed by atoms with Gasteiger partial charge in [-0.25, -0.2) is 9.59 Å². The van der Waals surface area contributed by atoms with Gasteiger partial charge in [0.15, 0.2) is 0 Å². The Morgan fingerprint density at radius 1 is 1.35 bits per heavy atom. The summed E-state index contributed by atoms with van der Waals surface area (Å²) in [6.45, 7) is 2.55. The Hall–Kier alpha value is -1.71. The average molecular weight is 362 g/mol. The molecule has 2 atom stereocenters. The third kappa shape index (κ3) is 4.18. The van der Waals surface area contributed by atoms with Gasteiger partial charge >= 0.3 is 11.9 Å². The van der Waals surface area contributed by atoms with Crippen LogP contribution in [0.3, 0.4) is 0 Å². The summed E-state index contributed by atoms with van der Waals surface area (Å²) in [5.41, 5.74) is 1.93. The number of carboxylic acids is 2. The number of fused-ring (bicyclic) bond motifs is 2. The lowest BCUT2D eigenvalue weighted by molar-refractivity contribution is -0.159. The molecule has 2 unspecified atom stereocenters. The van der Waals surface area contributed by atoms with Gasteiger partial charge in [0.05, 0.1) is 18.3 Å². The Labute approximate surface area is 141 Å². The molecule has 2 bridgehead atoms. The van der Waals surface area contributed by atoms with E-state index in [9.17, 15) is 0 Å². The Kier molecular flexibility index (Phi) is 5.91. The van der Waals surface area contributed by atoms with Crippen LogP contribution in [-0.4, -0.2) is 49.6 Å². The lowest BCUT2D eigenvalue weighted by Gasteiger charge is -2.24. The number of aliphatic carboxylic acids is 2. The minimum Gasteiger partial charge on any atom is -0.476 e. The normalized spacial score (nSPS) is 22.3. The van der Waals surface area contributed by atoms with E-state index in [0.717, 1.165) is 29.1 Å². The van der Waals surface area contributed by atoms with E-state index in [1.54, 1.807) is 0 Å². The first kappa shape index (κ1) is 17.6. The summed E-state index contributed by atoms with van der Waals surface area (Å²) in [4.78, 5) is 18.2. The Morgan fingerprint density at radius 2 is 2.04 bits per heavy atom. The van der Waals surface area contributed by atoms with Gasteiger partial charge in [0, 0.05) is 22.7 Å². The quantitative estimate of drug-likeness (QED) is 0.693. The van der Waals surface area contributed by atoms with E-state index in [2.05, 4.69) is 14.1 Å². The van der Waals surface area contributed by atoms with Crippen LogP contribution in [0, 0.1) is 0 Å². The minimum atomic E-state index is -1.82. The number of rotatable bonds is 3. The highest BCUT2D eigenvalue weighted by Gasteiger charge is 2.36. The number of nitrogens with one attached hydrogen (secondary N) is 1. The van der Waals surface area contributed by atoms with Crippen molar-refractivity contribution < 1.29 is 24.5 Å². The van der Waals surface area contributed by atoms with Gasteiger partial charge in [-0.1, -0.05) is 11.6 Å². The van der Waals surface area contributed by atoms with Crippen LogP contribution < -0.4 is 10.1 Å². The zero-order valence-electron chi connectivity index (χ0n) is 12.3. The Balaban J connectivity index is 0.000000277. The van der Waals surface area contributed by atoms with Crippen LogP contribution in [0.1, 0.15) is 31.9 Å². The second-order valence-electron chi connectivity index (χ2n) is 4.98. The predicted octanol–water partition coefficient (Wildman–Crippen LogP) is 1.57. The SMILES string of the molecule is CCOc1nsnc1C1=C(Cl)CC2CCC1N2.O=C(O)C(=O)O. The maximum Gasteiger partial charge on any atom is 0.414 e. The molecule has 0 spiro atoms. The number of hydrogen-bond acceptors (Lipinski definition) is 7. The number of nitrogens with zero attached hydrogens (tertiary/aromatic N) is 2. The van der Waals surface area contributed by atoms with Gasteiger partial charge in [-0.2, -0.15) is 4.37 Å². The molecule has 1 saturated heterocycles. The van der Waals surface area contributed by atoms with Crippen molar-refractivity contribution in [2.24, 2.45) is 0 Å². The lowest BCUT2D eigenvalue weighted by atomic mass is 10.0. The fourth-order valence-corrected chi connectivity index (χ4v) is 3.51. The molecule has 3 rings (SSSR count). The smallest absolute Gasteiger partial charge is 0.414 e. The first-order valence-electron chi connectivity index (χ1n) is 7.00. The van der Waals surface area contributed by atoms with Crippen molar-refractivity contribution in [3.8, 4) is 5.88 Å². The summed E-state index contributed by atoms with van der Waals surface area (Å²) in [6, 6.07) is 0.864. The maximum atomic E-state index is 9.10. The van der Waals surface area contributed by atoms with Crippen molar-refractivity contribution >= 4 is 40.8 Å². The fraction of sp³-hybridized carbons (Fsp3) is 0.538. The van der Waals surface area contributed by atoms with Crippen LogP contribution in [0.25, 0.3) is 5.57 Å². The van der Waals surface area contributed by atoms with Gasteiger partial charge in [0.25, 0.3) is 5.88 Å². The summed E-state index contributed by atoms with van der Waals surface area (Å²) < 4.78 is 14.0. The summed E-state index contributed by atoms with van der Waals surface area (Å²) in [5.74, 6) is -3.03. The van der Waals surface area contributed by atoms with E-state index >= 15 is 0 Å².